The number of rotatable bonds is 2. The zero-order valence-corrected chi connectivity index (χ0v) is 10.1. The molecule has 3 heteroatoms. The van der Waals surface area contributed by atoms with Crippen molar-refractivity contribution in [1.29, 1.82) is 0 Å². The van der Waals surface area contributed by atoms with Crippen LogP contribution in [-0.4, -0.2) is 0 Å². The molecule has 1 aromatic carbocycles. The number of nitrogens with two attached hydrogens (primary N) is 1. The number of benzene rings is 1. The quantitative estimate of drug-likeness (QED) is 0.864. The van der Waals surface area contributed by atoms with Crippen LogP contribution in [0.4, 0.5) is 0 Å². The predicted octanol–water partition coefficient (Wildman–Crippen LogP) is 3.60. The molecule has 0 aliphatic rings. The molecule has 1 heterocycles. The van der Waals surface area contributed by atoms with E-state index in [-0.39, 0.29) is 6.04 Å². The molecule has 0 saturated heterocycles. The minimum atomic E-state index is -0.258. The van der Waals surface area contributed by atoms with Crippen molar-refractivity contribution in [3.8, 4) is 0 Å². The molecule has 1 atom stereocenters. The van der Waals surface area contributed by atoms with Gasteiger partial charge in [-0.1, -0.05) is 23.7 Å². The number of hydrogen-bond donors (Lipinski definition) is 1. The summed E-state index contributed by atoms with van der Waals surface area (Å²) in [5, 5.41) is 0.733. The summed E-state index contributed by atoms with van der Waals surface area (Å²) in [6.07, 6.45) is 0. The van der Waals surface area contributed by atoms with E-state index in [1.807, 2.05) is 44.2 Å². The Morgan fingerprint density at radius 3 is 2.50 bits per heavy atom. The van der Waals surface area contributed by atoms with E-state index in [4.69, 9.17) is 21.8 Å². The first kappa shape index (κ1) is 11.2. The Kier molecular flexibility index (Phi) is 3.03. The lowest BCUT2D eigenvalue weighted by atomic mass is 10.0. The van der Waals surface area contributed by atoms with Crippen molar-refractivity contribution in [2.75, 3.05) is 0 Å². The molecule has 0 aliphatic heterocycles. The molecular weight excluding hydrogens is 222 g/mol. The van der Waals surface area contributed by atoms with Gasteiger partial charge in [0.15, 0.2) is 0 Å². The highest BCUT2D eigenvalue weighted by Crippen LogP contribution is 2.25. The normalized spacial score (nSPS) is 12.8. The number of aryl methyl sites for hydroxylation is 2. The van der Waals surface area contributed by atoms with E-state index in [0.29, 0.717) is 0 Å². The third kappa shape index (κ3) is 2.13. The second kappa shape index (κ2) is 4.32. The molecule has 0 amide bonds. The number of furan rings is 1. The lowest BCUT2D eigenvalue weighted by Gasteiger charge is -2.10. The Labute approximate surface area is 100 Å². The monoisotopic (exact) mass is 235 g/mol. The van der Waals surface area contributed by atoms with Gasteiger partial charge >= 0.3 is 0 Å². The fourth-order valence-electron chi connectivity index (χ4n) is 1.59. The van der Waals surface area contributed by atoms with E-state index in [9.17, 15) is 0 Å². The van der Waals surface area contributed by atoms with Crippen LogP contribution in [0.15, 0.2) is 34.7 Å². The molecule has 0 saturated carbocycles. The summed E-state index contributed by atoms with van der Waals surface area (Å²) in [5.41, 5.74) is 8.11. The van der Waals surface area contributed by atoms with E-state index >= 15 is 0 Å². The molecule has 84 valence electrons. The van der Waals surface area contributed by atoms with Gasteiger partial charge in [0, 0.05) is 5.02 Å². The molecule has 2 N–H and O–H groups in total. The minimum Gasteiger partial charge on any atom is -0.464 e. The molecule has 0 aliphatic carbocycles. The van der Waals surface area contributed by atoms with E-state index in [1.54, 1.807) is 0 Å². The van der Waals surface area contributed by atoms with Crippen LogP contribution in [0, 0.1) is 13.8 Å². The molecule has 16 heavy (non-hydrogen) atoms. The molecule has 0 radical (unpaired) electrons. The summed E-state index contributed by atoms with van der Waals surface area (Å²) in [5.74, 6) is 1.63. The van der Waals surface area contributed by atoms with Gasteiger partial charge < -0.3 is 10.2 Å². The molecule has 1 aromatic heterocycles. The summed E-state index contributed by atoms with van der Waals surface area (Å²) in [6, 6.07) is 9.38. The van der Waals surface area contributed by atoms with Crippen molar-refractivity contribution in [2.24, 2.45) is 5.73 Å². The summed E-state index contributed by atoms with van der Waals surface area (Å²) < 4.78 is 5.50. The summed E-state index contributed by atoms with van der Waals surface area (Å²) in [7, 11) is 0. The fraction of sp³-hybridized carbons (Fsp3) is 0.231. The molecule has 2 nitrogen and oxygen atoms in total. The van der Waals surface area contributed by atoms with Gasteiger partial charge in [-0.25, -0.2) is 0 Å². The van der Waals surface area contributed by atoms with E-state index in [0.717, 1.165) is 27.7 Å². The first-order valence-corrected chi connectivity index (χ1v) is 5.53. The Morgan fingerprint density at radius 1 is 1.19 bits per heavy atom. The molecule has 1 unspecified atom stereocenters. The van der Waals surface area contributed by atoms with Gasteiger partial charge in [-0.3, -0.25) is 0 Å². The van der Waals surface area contributed by atoms with Crippen LogP contribution in [0.1, 0.15) is 28.7 Å². The van der Waals surface area contributed by atoms with Crippen LogP contribution in [0.5, 0.6) is 0 Å². The topological polar surface area (TPSA) is 39.2 Å². The van der Waals surface area contributed by atoms with Crippen molar-refractivity contribution in [1.82, 2.24) is 0 Å². The number of hydrogen-bond acceptors (Lipinski definition) is 2. The van der Waals surface area contributed by atoms with Crippen LogP contribution < -0.4 is 5.73 Å². The summed E-state index contributed by atoms with van der Waals surface area (Å²) in [6.45, 7) is 3.87. The average Bonchev–Trinajstić information content (AvgIpc) is 2.68. The van der Waals surface area contributed by atoms with Crippen LogP contribution in [-0.2, 0) is 0 Å². The second-order valence-corrected chi connectivity index (χ2v) is 4.34. The Balaban J connectivity index is 2.33. The maximum atomic E-state index is 6.10. The third-order valence-corrected chi connectivity index (χ3v) is 3.03. The maximum absolute atomic E-state index is 6.10. The van der Waals surface area contributed by atoms with Crippen LogP contribution in [0.25, 0.3) is 0 Å². The second-order valence-electron chi connectivity index (χ2n) is 3.93. The first-order valence-electron chi connectivity index (χ1n) is 5.16. The molecular formula is C13H14ClNO. The zero-order chi connectivity index (χ0) is 11.7. The molecule has 2 rings (SSSR count). The molecule has 0 spiro atoms. The minimum absolute atomic E-state index is 0.258. The zero-order valence-electron chi connectivity index (χ0n) is 9.33. The van der Waals surface area contributed by atoms with E-state index in [1.165, 1.54) is 0 Å². The highest BCUT2D eigenvalue weighted by molar-refractivity contribution is 6.31. The SMILES string of the molecule is Cc1ccc(C(N)c2ccc(C)c(Cl)c2)o1. The first-order chi connectivity index (χ1) is 7.58. The van der Waals surface area contributed by atoms with Gasteiger partial charge in [-0.15, -0.1) is 0 Å². The van der Waals surface area contributed by atoms with E-state index < -0.39 is 0 Å². The van der Waals surface area contributed by atoms with E-state index in [2.05, 4.69) is 0 Å². The van der Waals surface area contributed by atoms with Gasteiger partial charge in [-0.05, 0) is 43.2 Å². The van der Waals surface area contributed by atoms with Crippen molar-refractivity contribution >= 4 is 11.6 Å². The van der Waals surface area contributed by atoms with Gasteiger partial charge in [0.25, 0.3) is 0 Å². The lowest BCUT2D eigenvalue weighted by Crippen LogP contribution is -2.10. The fourth-order valence-corrected chi connectivity index (χ4v) is 1.78. The molecule has 0 bridgehead atoms. The van der Waals surface area contributed by atoms with Crippen molar-refractivity contribution in [2.45, 2.75) is 19.9 Å². The molecule has 2 aromatic rings. The highest BCUT2D eigenvalue weighted by atomic mass is 35.5. The van der Waals surface area contributed by atoms with Crippen molar-refractivity contribution in [3.63, 3.8) is 0 Å². The third-order valence-electron chi connectivity index (χ3n) is 2.62. The highest BCUT2D eigenvalue weighted by Gasteiger charge is 2.13. The van der Waals surface area contributed by atoms with Gasteiger partial charge in [0.1, 0.15) is 11.5 Å². The average molecular weight is 236 g/mol. The standard InChI is InChI=1S/C13H14ClNO/c1-8-3-5-10(7-11(8)14)13(15)12-6-4-9(2)16-12/h3-7,13H,15H2,1-2H3. The Morgan fingerprint density at radius 2 is 1.94 bits per heavy atom. The molecule has 0 fully saturated rings. The van der Waals surface area contributed by atoms with Crippen molar-refractivity contribution in [3.05, 3.63) is 58.0 Å². The smallest absolute Gasteiger partial charge is 0.125 e. The Hall–Kier alpha value is -1.25. The van der Waals surface area contributed by atoms with Crippen LogP contribution >= 0.6 is 11.6 Å². The van der Waals surface area contributed by atoms with Crippen molar-refractivity contribution < 1.29 is 4.42 Å². The van der Waals surface area contributed by atoms with Crippen LogP contribution in [0.3, 0.4) is 0 Å². The Bertz CT molecular complexity index is 504. The summed E-state index contributed by atoms with van der Waals surface area (Å²) >= 11 is 6.06. The lowest BCUT2D eigenvalue weighted by molar-refractivity contribution is 0.466. The van der Waals surface area contributed by atoms with Gasteiger partial charge in [-0.2, -0.15) is 0 Å². The van der Waals surface area contributed by atoms with Gasteiger partial charge in [0.05, 0.1) is 6.04 Å². The van der Waals surface area contributed by atoms with Gasteiger partial charge in [0.2, 0.25) is 0 Å². The largest absolute Gasteiger partial charge is 0.464 e. The number of halogens is 1. The summed E-state index contributed by atoms with van der Waals surface area (Å²) in [4.78, 5) is 0. The maximum Gasteiger partial charge on any atom is 0.125 e. The van der Waals surface area contributed by atoms with Crippen LogP contribution in [0.2, 0.25) is 5.02 Å². The predicted molar refractivity (Wildman–Crippen MR) is 65.7 cm³/mol.